The molecule has 0 saturated heterocycles. The molecule has 0 aliphatic heterocycles. The molecule has 0 saturated carbocycles. The minimum atomic E-state index is -4.21. The van der Waals surface area contributed by atoms with Crippen molar-refractivity contribution in [1.82, 2.24) is 0 Å². The van der Waals surface area contributed by atoms with E-state index in [-0.39, 0.29) is 0 Å². The van der Waals surface area contributed by atoms with E-state index in [0.717, 1.165) is 0 Å². The molecule has 0 N–H and O–H groups in total. The number of hydrogen-bond acceptors (Lipinski definition) is 0. The zero-order valence-electron chi connectivity index (χ0n) is 5.42. The fourth-order valence-corrected chi connectivity index (χ4v) is 0.327. The van der Waals surface area contributed by atoms with Crippen molar-refractivity contribution in [2.75, 3.05) is 0 Å². The third kappa shape index (κ3) is 2.54. The predicted octanol–water partition coefficient (Wildman–Crippen LogP) is 2.76. The van der Waals surface area contributed by atoms with E-state index in [1.807, 2.05) is 0 Å². The van der Waals surface area contributed by atoms with Crippen LogP contribution < -0.4 is 0 Å². The highest BCUT2D eigenvalue weighted by atomic mass is 19.4. The molecular formula is C6H9F3. The van der Waals surface area contributed by atoms with Crippen molar-refractivity contribution in [2.45, 2.75) is 20.0 Å². The number of alkyl halides is 3. The minimum absolute atomic E-state index is 0.509. The quantitative estimate of drug-likeness (QED) is 0.489. The van der Waals surface area contributed by atoms with Crippen molar-refractivity contribution in [2.24, 2.45) is 5.92 Å². The van der Waals surface area contributed by atoms with Crippen LogP contribution in [0.25, 0.3) is 0 Å². The maximum Gasteiger partial charge on any atom is 0.412 e. The molecule has 0 aromatic rings. The van der Waals surface area contributed by atoms with Gasteiger partial charge in [-0.3, -0.25) is 0 Å². The van der Waals surface area contributed by atoms with Crippen LogP contribution >= 0.6 is 0 Å². The normalized spacial score (nSPS) is 12.2. The number of halogens is 3. The molecule has 0 heterocycles. The average molecular weight is 138 g/mol. The summed E-state index contributed by atoms with van der Waals surface area (Å²) in [6.07, 6.45) is -4.21. The van der Waals surface area contributed by atoms with Gasteiger partial charge in [0.2, 0.25) is 0 Å². The highest BCUT2D eigenvalue weighted by molar-refractivity contribution is 5.04. The zero-order valence-corrected chi connectivity index (χ0v) is 5.42. The van der Waals surface area contributed by atoms with E-state index in [9.17, 15) is 13.2 Å². The Hall–Kier alpha value is -0.470. The Morgan fingerprint density at radius 1 is 1.33 bits per heavy atom. The summed E-state index contributed by atoms with van der Waals surface area (Å²) in [4.78, 5) is 0. The number of hydrogen-bond donors (Lipinski definition) is 0. The lowest BCUT2D eigenvalue weighted by atomic mass is 10.1. The van der Waals surface area contributed by atoms with Crippen molar-refractivity contribution in [1.29, 1.82) is 0 Å². The van der Waals surface area contributed by atoms with E-state index in [0.29, 0.717) is 0 Å². The molecule has 0 fully saturated rings. The lowest BCUT2D eigenvalue weighted by molar-refractivity contribution is -0.0971. The largest absolute Gasteiger partial charge is 0.412 e. The summed E-state index contributed by atoms with van der Waals surface area (Å²) in [5.41, 5.74) is -0.664. The Morgan fingerprint density at radius 3 is 1.67 bits per heavy atom. The van der Waals surface area contributed by atoms with Crippen molar-refractivity contribution >= 4 is 0 Å². The van der Waals surface area contributed by atoms with E-state index in [1.54, 1.807) is 0 Å². The van der Waals surface area contributed by atoms with E-state index in [2.05, 4.69) is 6.58 Å². The van der Waals surface area contributed by atoms with Gasteiger partial charge in [0.15, 0.2) is 0 Å². The first kappa shape index (κ1) is 8.53. The molecule has 0 atom stereocenters. The highest BCUT2D eigenvalue weighted by Crippen LogP contribution is 2.28. The van der Waals surface area contributed by atoms with Crippen molar-refractivity contribution in [3.63, 3.8) is 0 Å². The van der Waals surface area contributed by atoms with Gasteiger partial charge in [-0.05, 0) is 5.92 Å². The second kappa shape index (κ2) is 2.42. The molecule has 0 rings (SSSR count). The number of allylic oxidation sites excluding steroid dienone is 1. The standard InChI is InChI=1S/C6H9F3/c1-4(2)5(3)6(7,8)9/h4H,3H2,1-2H3. The maximum absolute atomic E-state index is 11.6. The maximum atomic E-state index is 11.6. The Bertz CT molecular complexity index is 110. The summed E-state index contributed by atoms with van der Waals surface area (Å²) in [6.45, 7) is 5.84. The number of rotatable bonds is 1. The minimum Gasteiger partial charge on any atom is -0.166 e. The summed E-state index contributed by atoms with van der Waals surface area (Å²) in [6, 6.07) is 0. The van der Waals surface area contributed by atoms with Gasteiger partial charge in [0.25, 0.3) is 0 Å². The first-order valence-electron chi connectivity index (χ1n) is 2.61. The van der Waals surface area contributed by atoms with Crippen LogP contribution in [0.5, 0.6) is 0 Å². The van der Waals surface area contributed by atoms with Gasteiger partial charge < -0.3 is 0 Å². The van der Waals surface area contributed by atoms with Crippen molar-refractivity contribution in [3.05, 3.63) is 12.2 Å². The first-order chi connectivity index (χ1) is 3.85. The van der Waals surface area contributed by atoms with Gasteiger partial charge in [-0.1, -0.05) is 20.4 Å². The summed E-state index contributed by atoms with van der Waals surface area (Å²) in [5, 5.41) is 0. The third-order valence-electron chi connectivity index (χ3n) is 1.06. The molecule has 54 valence electrons. The lowest BCUT2D eigenvalue weighted by Gasteiger charge is -2.11. The molecule has 0 aliphatic carbocycles. The summed E-state index contributed by atoms with van der Waals surface area (Å²) >= 11 is 0. The molecule has 3 heteroatoms. The molecule has 9 heavy (non-hydrogen) atoms. The second-order valence-electron chi connectivity index (χ2n) is 2.18. The van der Waals surface area contributed by atoms with E-state index in [1.165, 1.54) is 13.8 Å². The monoisotopic (exact) mass is 138 g/mol. The second-order valence-corrected chi connectivity index (χ2v) is 2.18. The van der Waals surface area contributed by atoms with Crippen LogP contribution in [0.2, 0.25) is 0 Å². The van der Waals surface area contributed by atoms with E-state index in [4.69, 9.17) is 0 Å². The van der Waals surface area contributed by atoms with E-state index >= 15 is 0 Å². The lowest BCUT2D eigenvalue weighted by Crippen LogP contribution is -2.14. The molecule has 0 unspecified atom stereocenters. The van der Waals surface area contributed by atoms with Crippen LogP contribution in [0.4, 0.5) is 13.2 Å². The average Bonchev–Trinajstić information content (AvgIpc) is 1.62. The molecule has 0 nitrogen and oxygen atoms in total. The topological polar surface area (TPSA) is 0 Å². The molecular weight excluding hydrogens is 129 g/mol. The van der Waals surface area contributed by atoms with Gasteiger partial charge in [-0.15, -0.1) is 0 Å². The molecule has 0 aromatic carbocycles. The van der Waals surface area contributed by atoms with Crippen LogP contribution in [-0.4, -0.2) is 6.18 Å². The van der Waals surface area contributed by atoms with Crippen LogP contribution in [0.1, 0.15) is 13.8 Å². The van der Waals surface area contributed by atoms with Crippen molar-refractivity contribution in [3.8, 4) is 0 Å². The van der Waals surface area contributed by atoms with Gasteiger partial charge in [0, 0.05) is 5.57 Å². The van der Waals surface area contributed by atoms with Crippen LogP contribution in [0.15, 0.2) is 12.2 Å². The van der Waals surface area contributed by atoms with Crippen LogP contribution in [0.3, 0.4) is 0 Å². The Labute approximate surface area is 52.4 Å². The third-order valence-corrected chi connectivity index (χ3v) is 1.06. The van der Waals surface area contributed by atoms with Gasteiger partial charge >= 0.3 is 6.18 Å². The Morgan fingerprint density at radius 2 is 1.67 bits per heavy atom. The molecule has 0 spiro atoms. The van der Waals surface area contributed by atoms with Gasteiger partial charge in [0.1, 0.15) is 0 Å². The first-order valence-corrected chi connectivity index (χ1v) is 2.61. The van der Waals surface area contributed by atoms with Gasteiger partial charge in [0.05, 0.1) is 0 Å². The summed E-state index contributed by atoms with van der Waals surface area (Å²) < 4.78 is 34.8. The molecule has 0 aliphatic rings. The molecule has 0 radical (unpaired) electrons. The Kier molecular flexibility index (Phi) is 2.29. The van der Waals surface area contributed by atoms with Gasteiger partial charge in [-0.2, -0.15) is 13.2 Å². The summed E-state index contributed by atoms with van der Waals surface area (Å²) in [7, 11) is 0. The highest BCUT2D eigenvalue weighted by Gasteiger charge is 2.33. The van der Waals surface area contributed by atoms with Gasteiger partial charge in [-0.25, -0.2) is 0 Å². The van der Waals surface area contributed by atoms with E-state index < -0.39 is 17.7 Å². The van der Waals surface area contributed by atoms with Crippen molar-refractivity contribution < 1.29 is 13.2 Å². The fourth-order valence-electron chi connectivity index (χ4n) is 0.327. The molecule has 0 amide bonds. The summed E-state index contributed by atoms with van der Waals surface area (Å²) in [5.74, 6) is -0.509. The SMILES string of the molecule is C=C(C(C)C)C(F)(F)F. The van der Waals surface area contributed by atoms with Crippen LogP contribution in [-0.2, 0) is 0 Å². The molecule has 0 bridgehead atoms. The molecule has 0 aromatic heterocycles. The fraction of sp³-hybridized carbons (Fsp3) is 0.667. The van der Waals surface area contributed by atoms with Crippen LogP contribution in [0, 0.1) is 5.92 Å². The smallest absolute Gasteiger partial charge is 0.166 e. The Balaban J connectivity index is 4.06. The zero-order chi connectivity index (χ0) is 7.65. The predicted molar refractivity (Wildman–Crippen MR) is 30.0 cm³/mol.